The number of rotatable bonds is 15. The summed E-state index contributed by atoms with van der Waals surface area (Å²) in [5, 5.41) is 15.8. The Morgan fingerprint density at radius 2 is 1.64 bits per heavy atom. The summed E-state index contributed by atoms with van der Waals surface area (Å²) in [5.74, 6) is -0.873. The van der Waals surface area contributed by atoms with E-state index in [0.717, 1.165) is 40.8 Å². The van der Waals surface area contributed by atoms with Gasteiger partial charge in [0.15, 0.2) is 0 Å². The lowest BCUT2D eigenvalue weighted by molar-refractivity contribution is -0.139. The summed E-state index contributed by atoms with van der Waals surface area (Å²) in [4.78, 5) is 26.1. The van der Waals surface area contributed by atoms with Crippen LogP contribution in [-0.2, 0) is 11.2 Å². The zero-order valence-corrected chi connectivity index (χ0v) is 23.1. The zero-order valence-electron chi connectivity index (χ0n) is 23.1. The van der Waals surface area contributed by atoms with Crippen LogP contribution in [0, 0.1) is 0 Å². The number of aliphatic carboxylic acids is 1. The largest absolute Gasteiger partial charge is 0.480 e. The Morgan fingerprint density at radius 1 is 0.897 bits per heavy atom. The van der Waals surface area contributed by atoms with Crippen molar-refractivity contribution in [3.63, 3.8) is 0 Å². The molecule has 0 aliphatic rings. The number of benzene rings is 3. The highest BCUT2D eigenvalue weighted by Crippen LogP contribution is 2.25. The molecule has 0 aromatic heterocycles. The van der Waals surface area contributed by atoms with Crippen molar-refractivity contribution in [2.75, 3.05) is 25.0 Å². The fraction of sp³-hybridized carbons (Fsp3) is 0.333. The normalized spacial score (nSPS) is 11.8. The Bertz CT molecular complexity index is 1190. The number of carboxylic acid groups (broad SMARTS) is 1. The quantitative estimate of drug-likeness (QED) is 0.191. The molecule has 6 heteroatoms. The Morgan fingerprint density at radius 3 is 2.36 bits per heavy atom. The van der Waals surface area contributed by atoms with Crippen LogP contribution in [0.25, 0.3) is 17.2 Å². The highest BCUT2D eigenvalue weighted by Gasteiger charge is 2.17. The lowest BCUT2D eigenvalue weighted by Crippen LogP contribution is -2.38. The van der Waals surface area contributed by atoms with Gasteiger partial charge in [-0.05, 0) is 47.2 Å². The van der Waals surface area contributed by atoms with Crippen molar-refractivity contribution in [2.24, 2.45) is 0 Å². The molecule has 0 unspecified atom stereocenters. The van der Waals surface area contributed by atoms with Gasteiger partial charge in [0.1, 0.15) is 6.04 Å². The average Bonchev–Trinajstić information content (AvgIpc) is 2.96. The van der Waals surface area contributed by atoms with Crippen molar-refractivity contribution in [1.29, 1.82) is 0 Å². The summed E-state index contributed by atoms with van der Waals surface area (Å²) in [5.41, 5.74) is 4.85. The molecule has 3 N–H and O–H groups in total. The number of hydrogen-bond donors (Lipinski definition) is 3. The van der Waals surface area contributed by atoms with Crippen LogP contribution in [-0.4, -0.2) is 43.3 Å². The molecule has 0 aliphatic heterocycles. The molecule has 39 heavy (non-hydrogen) atoms. The second-order valence-corrected chi connectivity index (χ2v) is 9.77. The van der Waals surface area contributed by atoms with E-state index < -0.39 is 12.0 Å². The molecule has 6 nitrogen and oxygen atoms in total. The van der Waals surface area contributed by atoms with E-state index in [1.807, 2.05) is 91.0 Å². The molecule has 0 fully saturated rings. The number of anilines is 1. The minimum atomic E-state index is -0.873. The van der Waals surface area contributed by atoms with Crippen LogP contribution in [0.15, 0.2) is 84.9 Å². The molecule has 2 amide bonds. The molecular weight excluding hydrogens is 486 g/mol. The molecule has 206 valence electrons. The van der Waals surface area contributed by atoms with E-state index in [2.05, 4.69) is 17.6 Å². The summed E-state index contributed by atoms with van der Waals surface area (Å²) in [6, 6.07) is 24.9. The maximum Gasteiger partial charge on any atom is 0.321 e. The molecule has 0 radical (unpaired) electrons. The molecular formula is C33H41N3O3. The maximum absolute atomic E-state index is 12.6. The summed E-state index contributed by atoms with van der Waals surface area (Å²) in [6.07, 6.45) is 10.1. The minimum absolute atomic E-state index is 0.108. The minimum Gasteiger partial charge on any atom is -0.480 e. The smallest absolute Gasteiger partial charge is 0.321 e. The van der Waals surface area contributed by atoms with Crippen molar-refractivity contribution in [3.8, 4) is 11.1 Å². The fourth-order valence-corrected chi connectivity index (χ4v) is 4.34. The molecule has 0 saturated heterocycles. The van der Waals surface area contributed by atoms with Crippen LogP contribution < -0.4 is 15.5 Å². The Hall–Kier alpha value is -3.90. The van der Waals surface area contributed by atoms with Crippen LogP contribution in [0.3, 0.4) is 0 Å². The second kappa shape index (κ2) is 16.1. The number of carbonyl (C=O) groups is 2. The van der Waals surface area contributed by atoms with Gasteiger partial charge in [0.2, 0.25) is 0 Å². The third-order valence-corrected chi connectivity index (χ3v) is 6.71. The molecule has 3 aromatic rings. The molecule has 3 aromatic carbocycles. The Labute approximate surface area is 232 Å². The Kier molecular flexibility index (Phi) is 12.3. The van der Waals surface area contributed by atoms with Crippen molar-refractivity contribution in [3.05, 3.63) is 96.1 Å². The maximum atomic E-state index is 12.6. The third kappa shape index (κ3) is 10.1. The first-order chi connectivity index (χ1) is 19.0. The molecule has 0 spiro atoms. The molecule has 0 bridgehead atoms. The van der Waals surface area contributed by atoms with Crippen molar-refractivity contribution in [2.45, 2.75) is 51.5 Å². The summed E-state index contributed by atoms with van der Waals surface area (Å²) in [6.45, 7) is 3.35. The van der Waals surface area contributed by atoms with Gasteiger partial charge in [-0.2, -0.15) is 0 Å². The van der Waals surface area contributed by atoms with Crippen LogP contribution in [0.4, 0.5) is 10.5 Å². The predicted octanol–water partition coefficient (Wildman–Crippen LogP) is 6.77. The topological polar surface area (TPSA) is 81.7 Å². The molecule has 0 aliphatic carbocycles. The van der Waals surface area contributed by atoms with Gasteiger partial charge in [0, 0.05) is 25.8 Å². The van der Waals surface area contributed by atoms with Gasteiger partial charge in [0.05, 0.1) is 0 Å². The monoisotopic (exact) mass is 527 g/mol. The average molecular weight is 528 g/mol. The van der Waals surface area contributed by atoms with E-state index in [9.17, 15) is 14.7 Å². The van der Waals surface area contributed by atoms with Crippen LogP contribution in [0.5, 0.6) is 0 Å². The Balaban J connectivity index is 1.54. The van der Waals surface area contributed by atoms with E-state index in [0.29, 0.717) is 19.5 Å². The summed E-state index contributed by atoms with van der Waals surface area (Å²) < 4.78 is 0. The second-order valence-electron chi connectivity index (χ2n) is 9.77. The number of carbonyl (C=O) groups excluding carboxylic acids is 1. The standard InChI is InChI=1S/C33H41N3O3/c1-3-4-5-6-10-22-35-33(39)36(2)30-17-11-16-29(25-30)28-20-18-27(19-21-28)24-31(32(37)38)34-23-12-15-26-13-8-7-9-14-26/h7-9,11-21,25,31,34H,3-6,10,22-24H2,1-2H3,(H,35,39)(H,37,38)/b15-12+/t31-/m0/s1. The van der Waals surface area contributed by atoms with E-state index in [1.165, 1.54) is 19.3 Å². The van der Waals surface area contributed by atoms with E-state index >= 15 is 0 Å². The van der Waals surface area contributed by atoms with Gasteiger partial charge in [-0.15, -0.1) is 0 Å². The fourth-order valence-electron chi connectivity index (χ4n) is 4.34. The number of nitrogens with one attached hydrogen (secondary N) is 2. The molecule has 3 rings (SSSR count). The number of hydrogen-bond acceptors (Lipinski definition) is 3. The van der Waals surface area contributed by atoms with Crippen LogP contribution in [0.1, 0.15) is 50.2 Å². The van der Waals surface area contributed by atoms with Crippen LogP contribution in [0.2, 0.25) is 0 Å². The first kappa shape index (κ1) is 29.7. The van der Waals surface area contributed by atoms with Gasteiger partial charge < -0.3 is 15.7 Å². The van der Waals surface area contributed by atoms with E-state index in [-0.39, 0.29) is 6.03 Å². The number of unbranched alkanes of at least 4 members (excludes halogenated alkanes) is 4. The van der Waals surface area contributed by atoms with Gasteiger partial charge in [-0.3, -0.25) is 9.69 Å². The van der Waals surface area contributed by atoms with Gasteiger partial charge in [0.25, 0.3) is 0 Å². The summed E-state index contributed by atoms with van der Waals surface area (Å²) in [7, 11) is 1.78. The first-order valence-electron chi connectivity index (χ1n) is 13.9. The van der Waals surface area contributed by atoms with Crippen molar-refractivity contribution in [1.82, 2.24) is 10.6 Å². The number of nitrogens with zero attached hydrogens (tertiary/aromatic N) is 1. The SMILES string of the molecule is CCCCCCCNC(=O)N(C)c1cccc(-c2ccc(C[C@H](NC/C=C/c3ccccc3)C(=O)O)cc2)c1. The summed E-state index contributed by atoms with van der Waals surface area (Å²) >= 11 is 0. The highest BCUT2D eigenvalue weighted by molar-refractivity contribution is 5.92. The lowest BCUT2D eigenvalue weighted by atomic mass is 10.00. The van der Waals surface area contributed by atoms with E-state index in [4.69, 9.17) is 0 Å². The zero-order chi connectivity index (χ0) is 27.9. The third-order valence-electron chi connectivity index (χ3n) is 6.71. The van der Waals surface area contributed by atoms with Gasteiger partial charge in [-0.1, -0.05) is 111 Å². The number of urea groups is 1. The lowest BCUT2D eigenvalue weighted by Gasteiger charge is -2.19. The van der Waals surface area contributed by atoms with E-state index in [1.54, 1.807) is 11.9 Å². The number of carboxylic acids is 1. The molecule has 0 heterocycles. The van der Waals surface area contributed by atoms with Crippen molar-refractivity contribution < 1.29 is 14.7 Å². The predicted molar refractivity (Wildman–Crippen MR) is 161 cm³/mol. The van der Waals surface area contributed by atoms with Crippen molar-refractivity contribution >= 4 is 23.8 Å². The van der Waals surface area contributed by atoms with Crippen LogP contribution >= 0.6 is 0 Å². The molecule has 1 atom stereocenters. The highest BCUT2D eigenvalue weighted by atomic mass is 16.4. The number of amides is 2. The van der Waals surface area contributed by atoms with Gasteiger partial charge in [-0.25, -0.2) is 4.79 Å². The first-order valence-corrected chi connectivity index (χ1v) is 13.9. The molecule has 0 saturated carbocycles. The van der Waals surface area contributed by atoms with Gasteiger partial charge >= 0.3 is 12.0 Å².